The number of anilines is 1. The molecule has 2 fully saturated rings. The van der Waals surface area contributed by atoms with Gasteiger partial charge in [-0.05, 0) is 30.5 Å². The molecule has 0 spiro atoms. The van der Waals surface area contributed by atoms with E-state index in [1.54, 1.807) is 17.0 Å². The van der Waals surface area contributed by atoms with Gasteiger partial charge in [0.2, 0.25) is 0 Å². The molecule has 0 radical (unpaired) electrons. The third-order valence-corrected chi connectivity index (χ3v) is 3.57. The Labute approximate surface area is 123 Å². The molecule has 1 aliphatic carbocycles. The second kappa shape index (κ2) is 5.53. The number of nitrogens with zero attached hydrogens (tertiary/aromatic N) is 1. The molecular weight excluding hydrogens is 292 g/mol. The van der Waals surface area contributed by atoms with E-state index >= 15 is 0 Å². The molecule has 2 atom stereocenters. The average Bonchev–Trinajstić information content (AvgIpc) is 2.77. The van der Waals surface area contributed by atoms with Crippen LogP contribution in [0.25, 0.3) is 0 Å². The van der Waals surface area contributed by atoms with E-state index in [4.69, 9.17) is 5.73 Å². The number of amides is 2. The summed E-state index contributed by atoms with van der Waals surface area (Å²) in [5, 5.41) is 2.67. The average molecular weight is 308 g/mol. The molecular formula is C12H16Cl2FN3O. The summed E-state index contributed by atoms with van der Waals surface area (Å²) in [5.41, 5.74) is 6.34. The molecule has 1 aliphatic heterocycles. The van der Waals surface area contributed by atoms with Crippen LogP contribution < -0.4 is 11.1 Å². The number of hydrogen-bond donors (Lipinski definition) is 2. The molecule has 3 rings (SSSR count). The van der Waals surface area contributed by atoms with Crippen LogP contribution in [0, 0.1) is 11.7 Å². The number of rotatable bonds is 1. The van der Waals surface area contributed by atoms with Gasteiger partial charge in [-0.3, -0.25) is 0 Å². The molecule has 2 amide bonds. The fourth-order valence-electron chi connectivity index (χ4n) is 2.45. The van der Waals surface area contributed by atoms with Crippen LogP contribution in [0.2, 0.25) is 0 Å². The van der Waals surface area contributed by atoms with Crippen molar-refractivity contribution >= 4 is 36.5 Å². The van der Waals surface area contributed by atoms with Crippen molar-refractivity contribution in [1.29, 1.82) is 0 Å². The van der Waals surface area contributed by atoms with E-state index in [1.807, 2.05) is 0 Å². The van der Waals surface area contributed by atoms with E-state index in [0.717, 1.165) is 6.42 Å². The molecule has 0 aromatic heterocycles. The summed E-state index contributed by atoms with van der Waals surface area (Å²) in [7, 11) is 0. The smallest absolute Gasteiger partial charge is 0.321 e. The fraction of sp³-hybridized carbons (Fsp3) is 0.417. The SMILES string of the molecule is Cl.Cl.NC12CC1CN(C(=O)Nc1cccc(F)c1)C2. The van der Waals surface area contributed by atoms with E-state index in [-0.39, 0.29) is 42.2 Å². The first-order valence-corrected chi connectivity index (χ1v) is 5.67. The van der Waals surface area contributed by atoms with Crippen LogP contribution in [0.15, 0.2) is 24.3 Å². The summed E-state index contributed by atoms with van der Waals surface area (Å²) in [6.45, 7) is 1.30. The molecule has 1 aromatic rings. The van der Waals surface area contributed by atoms with Gasteiger partial charge in [-0.1, -0.05) is 6.07 Å². The number of hydrogen-bond acceptors (Lipinski definition) is 2. The fourth-order valence-corrected chi connectivity index (χ4v) is 2.45. The van der Waals surface area contributed by atoms with Crippen molar-refractivity contribution in [2.45, 2.75) is 12.0 Å². The highest BCUT2D eigenvalue weighted by molar-refractivity contribution is 5.89. The highest BCUT2D eigenvalue weighted by Crippen LogP contribution is 2.47. The normalized spacial score (nSPS) is 26.8. The maximum absolute atomic E-state index is 12.9. The number of benzene rings is 1. The molecule has 19 heavy (non-hydrogen) atoms. The van der Waals surface area contributed by atoms with E-state index < -0.39 is 0 Å². The number of carbonyl (C=O) groups is 1. The van der Waals surface area contributed by atoms with Crippen molar-refractivity contribution in [2.75, 3.05) is 18.4 Å². The van der Waals surface area contributed by atoms with Gasteiger partial charge in [0, 0.05) is 24.3 Å². The minimum Gasteiger partial charge on any atom is -0.323 e. The number of carbonyl (C=O) groups excluding carboxylic acids is 1. The Kier molecular flexibility index (Phi) is 4.66. The zero-order valence-electron chi connectivity index (χ0n) is 10.1. The second-order valence-corrected chi connectivity index (χ2v) is 4.96. The number of halogens is 3. The predicted octanol–water partition coefficient (Wildman–Crippen LogP) is 2.23. The summed E-state index contributed by atoms with van der Waals surface area (Å²) in [6, 6.07) is 5.67. The van der Waals surface area contributed by atoms with Gasteiger partial charge in [0.15, 0.2) is 0 Å². The number of piperidine rings is 1. The first-order valence-electron chi connectivity index (χ1n) is 5.67. The first kappa shape index (κ1) is 16.0. The highest BCUT2D eigenvalue weighted by atomic mass is 35.5. The number of nitrogens with one attached hydrogen (secondary N) is 1. The lowest BCUT2D eigenvalue weighted by Crippen LogP contribution is -2.39. The Hall–Kier alpha value is -1.04. The number of likely N-dealkylation sites (tertiary alicyclic amines) is 1. The quantitative estimate of drug-likeness (QED) is 0.836. The van der Waals surface area contributed by atoms with Crippen molar-refractivity contribution in [2.24, 2.45) is 11.7 Å². The Bertz CT molecular complexity index is 488. The van der Waals surface area contributed by atoms with Crippen molar-refractivity contribution < 1.29 is 9.18 Å². The number of urea groups is 1. The van der Waals surface area contributed by atoms with Crippen LogP contribution in [-0.2, 0) is 0 Å². The Morgan fingerprint density at radius 1 is 1.47 bits per heavy atom. The van der Waals surface area contributed by atoms with Crippen molar-refractivity contribution in [3.8, 4) is 0 Å². The van der Waals surface area contributed by atoms with E-state index in [0.29, 0.717) is 24.7 Å². The Balaban J connectivity index is 0.000000902. The molecule has 7 heteroatoms. The first-order chi connectivity index (χ1) is 8.07. The summed E-state index contributed by atoms with van der Waals surface area (Å²) in [5.74, 6) is 0.0862. The molecule has 2 aliphatic rings. The Morgan fingerprint density at radius 2 is 2.21 bits per heavy atom. The summed E-state index contributed by atoms with van der Waals surface area (Å²) in [4.78, 5) is 13.6. The zero-order chi connectivity index (χ0) is 12.0. The van der Waals surface area contributed by atoms with Gasteiger partial charge in [0.1, 0.15) is 5.82 Å². The van der Waals surface area contributed by atoms with Gasteiger partial charge in [0.05, 0.1) is 0 Å². The maximum Gasteiger partial charge on any atom is 0.321 e. The van der Waals surface area contributed by atoms with E-state index in [2.05, 4.69) is 5.32 Å². The van der Waals surface area contributed by atoms with Crippen LogP contribution in [0.1, 0.15) is 6.42 Å². The van der Waals surface area contributed by atoms with E-state index in [1.165, 1.54) is 12.1 Å². The molecule has 3 N–H and O–H groups in total. The molecule has 2 unspecified atom stereocenters. The van der Waals surface area contributed by atoms with Crippen LogP contribution >= 0.6 is 24.8 Å². The second-order valence-electron chi connectivity index (χ2n) is 4.96. The topological polar surface area (TPSA) is 58.4 Å². The molecule has 1 saturated heterocycles. The number of fused-ring (bicyclic) bond motifs is 1. The van der Waals surface area contributed by atoms with Gasteiger partial charge < -0.3 is 16.0 Å². The van der Waals surface area contributed by atoms with Crippen LogP contribution in [0.3, 0.4) is 0 Å². The third kappa shape index (κ3) is 3.11. The molecule has 106 valence electrons. The lowest BCUT2D eigenvalue weighted by Gasteiger charge is -2.19. The van der Waals surface area contributed by atoms with Crippen LogP contribution in [0.5, 0.6) is 0 Å². The monoisotopic (exact) mass is 307 g/mol. The molecule has 1 saturated carbocycles. The summed E-state index contributed by atoms with van der Waals surface area (Å²) < 4.78 is 12.9. The minimum absolute atomic E-state index is 0. The molecule has 4 nitrogen and oxygen atoms in total. The molecule has 0 bridgehead atoms. The van der Waals surface area contributed by atoms with Crippen LogP contribution in [-0.4, -0.2) is 29.6 Å². The van der Waals surface area contributed by atoms with Crippen LogP contribution in [0.4, 0.5) is 14.9 Å². The zero-order valence-corrected chi connectivity index (χ0v) is 11.8. The standard InChI is InChI=1S/C12H14FN3O.2ClH/c13-9-2-1-3-10(4-9)15-11(17)16-6-8-5-12(8,14)7-16;;/h1-4,8H,5-7,14H2,(H,15,17);2*1H. The van der Waals surface area contributed by atoms with Crippen molar-refractivity contribution in [3.63, 3.8) is 0 Å². The number of nitrogens with two attached hydrogens (primary N) is 1. The Morgan fingerprint density at radius 3 is 2.79 bits per heavy atom. The van der Waals surface area contributed by atoms with E-state index in [9.17, 15) is 9.18 Å². The largest absolute Gasteiger partial charge is 0.323 e. The predicted molar refractivity (Wildman–Crippen MR) is 76.5 cm³/mol. The van der Waals surface area contributed by atoms with Crippen molar-refractivity contribution in [3.05, 3.63) is 30.1 Å². The highest BCUT2D eigenvalue weighted by Gasteiger charge is 2.58. The molecule has 1 aromatic carbocycles. The lowest BCUT2D eigenvalue weighted by molar-refractivity contribution is 0.216. The third-order valence-electron chi connectivity index (χ3n) is 3.57. The van der Waals surface area contributed by atoms with Gasteiger partial charge in [0.25, 0.3) is 0 Å². The summed E-state index contributed by atoms with van der Waals surface area (Å²) >= 11 is 0. The van der Waals surface area contributed by atoms with Gasteiger partial charge >= 0.3 is 6.03 Å². The van der Waals surface area contributed by atoms with Crippen molar-refractivity contribution in [1.82, 2.24) is 4.90 Å². The van der Waals surface area contributed by atoms with Gasteiger partial charge in [-0.2, -0.15) is 0 Å². The minimum atomic E-state index is -0.359. The van der Waals surface area contributed by atoms with Gasteiger partial charge in [-0.15, -0.1) is 24.8 Å². The summed E-state index contributed by atoms with van der Waals surface area (Å²) in [6.07, 6.45) is 1.01. The molecule has 1 heterocycles. The van der Waals surface area contributed by atoms with Gasteiger partial charge in [-0.25, -0.2) is 9.18 Å². The lowest BCUT2D eigenvalue weighted by atomic mass is 10.3. The maximum atomic E-state index is 12.9.